The molecular formula is C13H13NO5. The quantitative estimate of drug-likeness (QED) is 0.760. The average molecular weight is 263 g/mol. The molecule has 0 spiro atoms. The van der Waals surface area contributed by atoms with Gasteiger partial charge in [0.25, 0.3) is 0 Å². The molecule has 1 aliphatic rings. The van der Waals surface area contributed by atoms with Crippen molar-refractivity contribution in [2.45, 2.75) is 13.3 Å². The van der Waals surface area contributed by atoms with E-state index in [-0.39, 0.29) is 11.3 Å². The molecule has 19 heavy (non-hydrogen) atoms. The number of aliphatic carboxylic acids is 1. The number of nitrogens with one attached hydrogen (secondary N) is 1. The molecule has 2 rings (SSSR count). The van der Waals surface area contributed by atoms with Gasteiger partial charge < -0.3 is 15.5 Å². The standard InChI is InChI=1S/C13H13NO5/c1-6-3-2-4-9(10(6)13(18)19)14-11(15)7-5-8(7)12(16)17/h2-4,7-8H,5H2,1H3,(H,14,15)(H,16,17)(H,18,19)/t7-,8+/m1/s1. The van der Waals surface area contributed by atoms with Crippen LogP contribution in [-0.4, -0.2) is 28.1 Å². The van der Waals surface area contributed by atoms with E-state index in [1.54, 1.807) is 19.1 Å². The zero-order chi connectivity index (χ0) is 14.2. The number of rotatable bonds is 4. The number of carboxylic acids is 2. The number of anilines is 1. The highest BCUT2D eigenvalue weighted by molar-refractivity contribution is 6.04. The molecule has 1 aromatic carbocycles. The Balaban J connectivity index is 2.16. The van der Waals surface area contributed by atoms with Crippen molar-refractivity contribution in [1.29, 1.82) is 0 Å². The van der Waals surface area contributed by atoms with Crippen LogP contribution in [0.25, 0.3) is 0 Å². The Morgan fingerprint density at radius 1 is 1.21 bits per heavy atom. The maximum Gasteiger partial charge on any atom is 0.338 e. The van der Waals surface area contributed by atoms with E-state index in [1.165, 1.54) is 6.07 Å². The lowest BCUT2D eigenvalue weighted by molar-refractivity contribution is -0.139. The van der Waals surface area contributed by atoms with Crippen LogP contribution in [0, 0.1) is 18.8 Å². The van der Waals surface area contributed by atoms with E-state index in [2.05, 4.69) is 5.32 Å². The van der Waals surface area contributed by atoms with Gasteiger partial charge in [0.05, 0.1) is 23.1 Å². The molecule has 3 N–H and O–H groups in total. The van der Waals surface area contributed by atoms with Gasteiger partial charge >= 0.3 is 11.9 Å². The van der Waals surface area contributed by atoms with Gasteiger partial charge in [-0.2, -0.15) is 0 Å². The number of carbonyl (C=O) groups is 3. The molecule has 0 aromatic heterocycles. The summed E-state index contributed by atoms with van der Waals surface area (Å²) in [4.78, 5) is 33.6. The number of aryl methyl sites for hydroxylation is 1. The second-order valence-electron chi connectivity index (χ2n) is 4.58. The summed E-state index contributed by atoms with van der Waals surface area (Å²) in [6.45, 7) is 1.64. The van der Waals surface area contributed by atoms with Gasteiger partial charge in [0.15, 0.2) is 0 Å². The second kappa shape index (κ2) is 4.72. The van der Waals surface area contributed by atoms with Crippen LogP contribution in [0.1, 0.15) is 22.3 Å². The van der Waals surface area contributed by atoms with Crippen molar-refractivity contribution in [2.75, 3.05) is 5.32 Å². The van der Waals surface area contributed by atoms with Gasteiger partial charge in [-0.25, -0.2) is 4.79 Å². The van der Waals surface area contributed by atoms with Crippen LogP contribution in [0.3, 0.4) is 0 Å². The molecule has 1 saturated carbocycles. The lowest BCUT2D eigenvalue weighted by Gasteiger charge is -2.10. The van der Waals surface area contributed by atoms with Gasteiger partial charge in [-0.1, -0.05) is 12.1 Å². The summed E-state index contributed by atoms with van der Waals surface area (Å²) < 4.78 is 0. The molecule has 6 heteroatoms. The number of carboxylic acid groups (broad SMARTS) is 2. The molecule has 1 aliphatic carbocycles. The molecule has 0 bridgehead atoms. The Kier molecular flexibility index (Phi) is 3.25. The van der Waals surface area contributed by atoms with E-state index in [1.807, 2.05) is 0 Å². The van der Waals surface area contributed by atoms with Crippen molar-refractivity contribution in [3.63, 3.8) is 0 Å². The van der Waals surface area contributed by atoms with Crippen LogP contribution >= 0.6 is 0 Å². The zero-order valence-corrected chi connectivity index (χ0v) is 10.2. The van der Waals surface area contributed by atoms with Crippen LogP contribution in [0.2, 0.25) is 0 Å². The van der Waals surface area contributed by atoms with Crippen molar-refractivity contribution in [3.8, 4) is 0 Å². The smallest absolute Gasteiger partial charge is 0.338 e. The summed E-state index contributed by atoms with van der Waals surface area (Å²) in [5.74, 6) is -3.79. The van der Waals surface area contributed by atoms with Gasteiger partial charge in [-0.15, -0.1) is 0 Å². The Bertz CT molecular complexity index is 566. The highest BCUT2D eigenvalue weighted by Gasteiger charge is 2.48. The molecule has 100 valence electrons. The van der Waals surface area contributed by atoms with Crippen LogP contribution in [0.4, 0.5) is 5.69 Å². The highest BCUT2D eigenvalue weighted by atomic mass is 16.4. The van der Waals surface area contributed by atoms with Crippen molar-refractivity contribution in [3.05, 3.63) is 29.3 Å². The fourth-order valence-corrected chi connectivity index (χ4v) is 2.04. The first-order chi connectivity index (χ1) is 8.91. The maximum atomic E-state index is 11.8. The van der Waals surface area contributed by atoms with Gasteiger partial charge in [0, 0.05) is 0 Å². The lowest BCUT2D eigenvalue weighted by atomic mass is 10.1. The molecule has 0 unspecified atom stereocenters. The normalized spacial score (nSPS) is 20.7. The van der Waals surface area contributed by atoms with Crippen LogP contribution in [0.5, 0.6) is 0 Å². The van der Waals surface area contributed by atoms with Crippen LogP contribution in [-0.2, 0) is 9.59 Å². The minimum absolute atomic E-state index is 0.0309. The number of amides is 1. The van der Waals surface area contributed by atoms with E-state index >= 15 is 0 Å². The largest absolute Gasteiger partial charge is 0.481 e. The molecule has 1 fully saturated rings. The topological polar surface area (TPSA) is 104 Å². The highest BCUT2D eigenvalue weighted by Crippen LogP contribution is 2.39. The molecule has 0 radical (unpaired) electrons. The third-order valence-electron chi connectivity index (χ3n) is 3.19. The maximum absolute atomic E-state index is 11.8. The second-order valence-corrected chi connectivity index (χ2v) is 4.58. The van der Waals surface area contributed by atoms with E-state index < -0.39 is 29.7 Å². The molecule has 2 atom stereocenters. The van der Waals surface area contributed by atoms with Gasteiger partial charge in [0.2, 0.25) is 5.91 Å². The molecule has 6 nitrogen and oxygen atoms in total. The van der Waals surface area contributed by atoms with Gasteiger partial charge in [-0.05, 0) is 25.0 Å². The van der Waals surface area contributed by atoms with Crippen LogP contribution < -0.4 is 5.32 Å². The van der Waals surface area contributed by atoms with E-state index in [9.17, 15) is 14.4 Å². The number of hydrogen-bond donors (Lipinski definition) is 3. The van der Waals surface area contributed by atoms with Crippen molar-refractivity contribution in [1.82, 2.24) is 0 Å². The molecular weight excluding hydrogens is 250 g/mol. The number of benzene rings is 1. The minimum Gasteiger partial charge on any atom is -0.481 e. The minimum atomic E-state index is -1.13. The molecule has 1 aromatic rings. The monoisotopic (exact) mass is 263 g/mol. The number of hydrogen-bond acceptors (Lipinski definition) is 3. The van der Waals surface area contributed by atoms with E-state index in [0.29, 0.717) is 12.0 Å². The van der Waals surface area contributed by atoms with Gasteiger partial charge in [0.1, 0.15) is 0 Å². The zero-order valence-electron chi connectivity index (χ0n) is 10.2. The average Bonchev–Trinajstić information content (AvgIpc) is 3.08. The van der Waals surface area contributed by atoms with Gasteiger partial charge in [-0.3, -0.25) is 9.59 Å². The predicted octanol–water partition coefficient (Wildman–Crippen LogP) is 1.35. The lowest BCUT2D eigenvalue weighted by Crippen LogP contribution is -2.19. The van der Waals surface area contributed by atoms with Crippen molar-refractivity contribution >= 4 is 23.5 Å². The third kappa shape index (κ3) is 2.57. The summed E-state index contributed by atoms with van der Waals surface area (Å²) >= 11 is 0. The van der Waals surface area contributed by atoms with E-state index in [4.69, 9.17) is 10.2 Å². The van der Waals surface area contributed by atoms with Crippen molar-refractivity contribution < 1.29 is 24.6 Å². The Hall–Kier alpha value is -2.37. The fourth-order valence-electron chi connectivity index (χ4n) is 2.04. The third-order valence-corrected chi connectivity index (χ3v) is 3.19. The number of carbonyl (C=O) groups excluding carboxylic acids is 1. The summed E-state index contributed by atoms with van der Waals surface area (Å²) in [6, 6.07) is 4.77. The first kappa shape index (κ1) is 13.1. The molecule has 0 saturated heterocycles. The molecule has 1 amide bonds. The SMILES string of the molecule is Cc1cccc(NC(=O)[C@@H]2C[C@@H]2C(=O)O)c1C(=O)O. The molecule has 0 aliphatic heterocycles. The summed E-state index contributed by atoms with van der Waals surface area (Å²) in [5.41, 5.74) is 0.771. The number of aromatic carboxylic acids is 1. The summed E-state index contributed by atoms with van der Waals surface area (Å²) in [5, 5.41) is 20.4. The van der Waals surface area contributed by atoms with E-state index in [0.717, 1.165) is 0 Å². The summed E-state index contributed by atoms with van der Waals surface area (Å²) in [7, 11) is 0. The fraction of sp³-hybridized carbons (Fsp3) is 0.308. The van der Waals surface area contributed by atoms with Crippen LogP contribution in [0.15, 0.2) is 18.2 Å². The first-order valence-electron chi connectivity index (χ1n) is 5.78. The first-order valence-corrected chi connectivity index (χ1v) is 5.78. The Morgan fingerprint density at radius 3 is 2.42 bits per heavy atom. The Morgan fingerprint density at radius 2 is 1.89 bits per heavy atom. The molecule has 0 heterocycles. The summed E-state index contributed by atoms with van der Waals surface area (Å²) in [6.07, 6.45) is 0.301. The predicted molar refractivity (Wildman–Crippen MR) is 66.0 cm³/mol. The van der Waals surface area contributed by atoms with Crippen molar-refractivity contribution in [2.24, 2.45) is 11.8 Å². The Labute approximate surface area is 109 Å².